The summed E-state index contributed by atoms with van der Waals surface area (Å²) in [7, 11) is 0. The van der Waals surface area contributed by atoms with Crippen molar-refractivity contribution >= 4 is 0 Å². The molecule has 3 atom stereocenters. The molecule has 1 saturated heterocycles. The van der Waals surface area contributed by atoms with Gasteiger partial charge in [0.1, 0.15) is 17.9 Å². The number of rotatable bonds is 2. The lowest BCUT2D eigenvalue weighted by molar-refractivity contribution is -0.251. The molecule has 1 heterocycles. The second-order valence-corrected chi connectivity index (χ2v) is 3.29. The van der Waals surface area contributed by atoms with Crippen molar-refractivity contribution in [3.8, 4) is 0 Å². The second-order valence-electron chi connectivity index (χ2n) is 3.29. The number of ether oxygens (including phenoxy) is 1. The summed E-state index contributed by atoms with van der Waals surface area (Å²) in [5.41, 5.74) is 3.85. The molecule has 1 rings (SSSR count). The van der Waals surface area contributed by atoms with E-state index in [1.807, 2.05) is 13.8 Å². The lowest BCUT2D eigenvalue weighted by Gasteiger charge is -2.43. The third-order valence-corrected chi connectivity index (χ3v) is 2.30. The zero-order valence-corrected chi connectivity index (χ0v) is 10.5. The number of aliphatic hydroxyl groups is 4. The molecule has 0 radical (unpaired) electrons. The van der Waals surface area contributed by atoms with E-state index in [0.29, 0.717) is 0 Å². The molecule has 6 nitrogen and oxygen atoms in total. The third-order valence-electron chi connectivity index (χ3n) is 2.30. The summed E-state index contributed by atoms with van der Waals surface area (Å²) in [6.07, 6.45) is -3.09. The van der Waals surface area contributed by atoms with Crippen molar-refractivity contribution in [1.82, 2.24) is 0 Å². The maximum atomic E-state index is 9.46. The van der Waals surface area contributed by atoms with Crippen LogP contribution in [0.4, 0.5) is 0 Å². The van der Waals surface area contributed by atoms with Gasteiger partial charge in [-0.15, -0.1) is 13.2 Å². The summed E-state index contributed by atoms with van der Waals surface area (Å²) in [5, 5.41) is 36.6. The van der Waals surface area contributed by atoms with Gasteiger partial charge in [0, 0.05) is 6.42 Å². The Labute approximate surface area is 102 Å². The highest BCUT2D eigenvalue weighted by molar-refractivity contribution is 4.96. The summed E-state index contributed by atoms with van der Waals surface area (Å²) < 4.78 is 5.02. The van der Waals surface area contributed by atoms with Gasteiger partial charge in [-0.2, -0.15) is 0 Å². The largest absolute Gasteiger partial charge is 0.393 e. The van der Waals surface area contributed by atoms with Crippen LogP contribution in [0.3, 0.4) is 0 Å². The predicted molar refractivity (Wildman–Crippen MR) is 65.2 cm³/mol. The van der Waals surface area contributed by atoms with Crippen molar-refractivity contribution < 1.29 is 25.2 Å². The van der Waals surface area contributed by atoms with Crippen LogP contribution in [0.25, 0.3) is 0 Å². The molecule has 0 aromatic carbocycles. The van der Waals surface area contributed by atoms with Crippen LogP contribution < -0.4 is 5.73 Å². The maximum Gasteiger partial charge on any atom is 0.144 e. The van der Waals surface area contributed by atoms with Crippen LogP contribution in [0.2, 0.25) is 0 Å². The van der Waals surface area contributed by atoms with Crippen LogP contribution in [-0.2, 0) is 4.74 Å². The van der Waals surface area contributed by atoms with Crippen molar-refractivity contribution in [1.29, 1.82) is 0 Å². The van der Waals surface area contributed by atoms with Crippen molar-refractivity contribution in [2.24, 2.45) is 5.73 Å². The number of hydrogen-bond donors (Lipinski definition) is 5. The van der Waals surface area contributed by atoms with Gasteiger partial charge in [-0.1, -0.05) is 13.8 Å². The molecule has 0 aromatic heterocycles. The van der Waals surface area contributed by atoms with Crippen LogP contribution in [-0.4, -0.2) is 57.7 Å². The standard InChI is InChI=1S/C7H15NO5.C2H6.C2H4/c8-5-1-4(11)6(12)7(2-9,3-10)13-5;2*1-2/h4-6,9-12H,1-3,8H2;1-2H3;1-2H2. The first kappa shape index (κ1) is 18.9. The van der Waals surface area contributed by atoms with Crippen LogP contribution in [0.15, 0.2) is 13.2 Å². The minimum atomic E-state index is -1.54. The molecule has 0 amide bonds. The molecular formula is C11H25NO5. The van der Waals surface area contributed by atoms with E-state index in [0.717, 1.165) is 0 Å². The Hall–Kier alpha value is -0.500. The molecule has 0 aromatic rings. The van der Waals surface area contributed by atoms with Crippen molar-refractivity contribution in [3.63, 3.8) is 0 Å². The summed E-state index contributed by atoms with van der Waals surface area (Å²) in [6, 6.07) is 0. The van der Waals surface area contributed by atoms with Crippen molar-refractivity contribution in [2.45, 2.75) is 44.3 Å². The molecule has 104 valence electrons. The van der Waals surface area contributed by atoms with E-state index in [-0.39, 0.29) is 6.42 Å². The highest BCUT2D eigenvalue weighted by atomic mass is 16.6. The average Bonchev–Trinajstić information content (AvgIpc) is 2.38. The lowest BCUT2D eigenvalue weighted by Crippen LogP contribution is -2.63. The Bertz CT molecular complexity index is 187. The molecule has 6 N–H and O–H groups in total. The Morgan fingerprint density at radius 3 is 2.00 bits per heavy atom. The molecule has 3 unspecified atom stereocenters. The van der Waals surface area contributed by atoms with Gasteiger partial charge in [0.05, 0.1) is 19.3 Å². The van der Waals surface area contributed by atoms with Crippen LogP contribution >= 0.6 is 0 Å². The average molecular weight is 251 g/mol. The van der Waals surface area contributed by atoms with Gasteiger partial charge < -0.3 is 30.9 Å². The van der Waals surface area contributed by atoms with E-state index < -0.39 is 37.3 Å². The predicted octanol–water partition coefficient (Wildman–Crippen LogP) is -1.03. The highest BCUT2D eigenvalue weighted by Crippen LogP contribution is 2.27. The first-order valence-electron chi connectivity index (χ1n) is 5.57. The Morgan fingerprint density at radius 1 is 1.24 bits per heavy atom. The summed E-state index contributed by atoms with van der Waals surface area (Å²) in [5.74, 6) is 0. The first-order valence-corrected chi connectivity index (χ1v) is 5.57. The molecule has 0 bridgehead atoms. The molecule has 1 fully saturated rings. The van der Waals surface area contributed by atoms with Crippen LogP contribution in [0.1, 0.15) is 20.3 Å². The van der Waals surface area contributed by atoms with Gasteiger partial charge in [0.25, 0.3) is 0 Å². The van der Waals surface area contributed by atoms with E-state index in [1.54, 1.807) is 0 Å². The minimum Gasteiger partial charge on any atom is -0.393 e. The lowest BCUT2D eigenvalue weighted by atomic mass is 9.89. The van der Waals surface area contributed by atoms with E-state index >= 15 is 0 Å². The molecule has 0 saturated carbocycles. The fourth-order valence-corrected chi connectivity index (χ4v) is 1.45. The molecule has 0 aliphatic carbocycles. The van der Waals surface area contributed by atoms with Crippen molar-refractivity contribution in [3.05, 3.63) is 13.2 Å². The zero-order valence-electron chi connectivity index (χ0n) is 10.5. The third kappa shape index (κ3) is 4.71. The van der Waals surface area contributed by atoms with Gasteiger partial charge in [-0.05, 0) is 0 Å². The van der Waals surface area contributed by atoms with Gasteiger partial charge in [0.2, 0.25) is 0 Å². The second kappa shape index (κ2) is 9.52. The molecule has 1 aliphatic heterocycles. The van der Waals surface area contributed by atoms with Crippen LogP contribution in [0.5, 0.6) is 0 Å². The van der Waals surface area contributed by atoms with E-state index in [9.17, 15) is 10.2 Å². The molecule has 6 heteroatoms. The summed E-state index contributed by atoms with van der Waals surface area (Å²) in [4.78, 5) is 0. The van der Waals surface area contributed by atoms with Gasteiger partial charge in [-0.25, -0.2) is 0 Å². The number of aliphatic hydroxyl groups excluding tert-OH is 4. The molecule has 0 spiro atoms. The molecular weight excluding hydrogens is 226 g/mol. The summed E-state index contributed by atoms with van der Waals surface area (Å²) >= 11 is 0. The van der Waals surface area contributed by atoms with E-state index in [1.165, 1.54) is 0 Å². The minimum absolute atomic E-state index is 0.0862. The van der Waals surface area contributed by atoms with E-state index in [2.05, 4.69) is 13.2 Å². The smallest absolute Gasteiger partial charge is 0.144 e. The Balaban J connectivity index is 0. The first-order chi connectivity index (χ1) is 8.05. The molecule has 1 aliphatic rings. The topological polar surface area (TPSA) is 116 Å². The zero-order chi connectivity index (χ0) is 14.1. The fraction of sp³-hybridized carbons (Fsp3) is 0.818. The maximum absolute atomic E-state index is 9.46. The number of nitrogens with two attached hydrogens (primary N) is 1. The normalized spacial score (nSPS) is 30.4. The quantitative estimate of drug-likeness (QED) is 0.401. The van der Waals surface area contributed by atoms with Crippen molar-refractivity contribution in [2.75, 3.05) is 13.2 Å². The summed E-state index contributed by atoms with van der Waals surface area (Å²) in [6.45, 7) is 8.82. The van der Waals surface area contributed by atoms with Gasteiger partial charge in [-0.3, -0.25) is 0 Å². The van der Waals surface area contributed by atoms with Gasteiger partial charge >= 0.3 is 0 Å². The Morgan fingerprint density at radius 2 is 1.65 bits per heavy atom. The monoisotopic (exact) mass is 251 g/mol. The number of hydrogen-bond acceptors (Lipinski definition) is 6. The fourth-order valence-electron chi connectivity index (χ4n) is 1.45. The van der Waals surface area contributed by atoms with E-state index in [4.69, 9.17) is 20.7 Å². The SMILES string of the molecule is C=C.CC.NC1CC(O)C(O)C(CO)(CO)O1. The van der Waals surface area contributed by atoms with Gasteiger partial charge in [0.15, 0.2) is 0 Å². The highest BCUT2D eigenvalue weighted by Gasteiger charge is 2.47. The Kier molecular flexibility index (Phi) is 10.6. The van der Waals surface area contributed by atoms with Crippen LogP contribution in [0, 0.1) is 0 Å². The molecule has 17 heavy (non-hydrogen) atoms.